The molecule has 1 aromatic heterocycles. The molecule has 1 N–H and O–H groups in total. The number of nitrogens with zero attached hydrogens (tertiary/aromatic N) is 3. The lowest BCUT2D eigenvalue weighted by molar-refractivity contribution is -0.116. The van der Waals surface area contributed by atoms with Gasteiger partial charge >= 0.3 is 0 Å². The summed E-state index contributed by atoms with van der Waals surface area (Å²) in [5.41, 5.74) is 0.531. The van der Waals surface area contributed by atoms with Gasteiger partial charge in [0.2, 0.25) is 0 Å². The lowest BCUT2D eigenvalue weighted by atomic mass is 10.1. The largest absolute Gasteiger partial charge is 0.298 e. The quantitative estimate of drug-likeness (QED) is 0.758. The van der Waals surface area contributed by atoms with E-state index in [9.17, 15) is 4.79 Å². The number of halogens is 1. The summed E-state index contributed by atoms with van der Waals surface area (Å²) in [6.07, 6.45) is 1.43. The van der Waals surface area contributed by atoms with Crippen molar-refractivity contribution >= 4 is 55.8 Å². The average molecular weight is 433 g/mol. The minimum atomic E-state index is -0.355. The van der Waals surface area contributed by atoms with Gasteiger partial charge in [-0.15, -0.1) is 23.0 Å². The molecule has 126 valence electrons. The number of para-hydroxylation sites is 1. The molecule has 1 amide bonds. The lowest BCUT2D eigenvalue weighted by Gasteiger charge is -2.33. The number of hydrogen-bond acceptors (Lipinski definition) is 6. The third kappa shape index (κ3) is 3.05. The molecule has 0 saturated carbocycles. The topological polar surface area (TPSA) is 57.1 Å². The summed E-state index contributed by atoms with van der Waals surface area (Å²) in [6, 6.07) is 11.6. The van der Waals surface area contributed by atoms with Crippen LogP contribution in [-0.2, 0) is 4.79 Å². The molecule has 0 aliphatic carbocycles. The third-order valence-electron chi connectivity index (χ3n) is 3.70. The predicted octanol–water partition coefficient (Wildman–Crippen LogP) is 2.57. The summed E-state index contributed by atoms with van der Waals surface area (Å²) in [5, 5.41) is 11.4. The molecule has 0 spiro atoms. The first-order chi connectivity index (χ1) is 12.2. The number of thioether (sulfide) groups is 1. The number of fused-ring (bicyclic) bond motifs is 2. The van der Waals surface area contributed by atoms with Crippen molar-refractivity contribution in [2.45, 2.75) is 6.17 Å². The first kappa shape index (κ1) is 16.6. The molecule has 2 aliphatic heterocycles. The van der Waals surface area contributed by atoms with E-state index in [4.69, 9.17) is 4.99 Å². The van der Waals surface area contributed by atoms with E-state index in [-0.39, 0.29) is 12.1 Å². The number of hydrazone groups is 1. The Morgan fingerprint density at radius 3 is 2.96 bits per heavy atom. The van der Waals surface area contributed by atoms with Crippen molar-refractivity contribution < 1.29 is 4.79 Å². The molecule has 8 heteroatoms. The number of benzene rings is 1. The number of amides is 1. The average Bonchev–Trinajstić information content (AvgIpc) is 3.05. The van der Waals surface area contributed by atoms with Crippen molar-refractivity contribution in [2.75, 3.05) is 5.75 Å². The number of carbonyl (C=O) groups excluding carboxylic acids is 1. The molecule has 5 nitrogen and oxygen atoms in total. The van der Waals surface area contributed by atoms with Crippen LogP contribution < -0.4 is 15.9 Å². The number of carbonyl (C=O) groups is 1. The van der Waals surface area contributed by atoms with Gasteiger partial charge in [0.1, 0.15) is 5.70 Å². The van der Waals surface area contributed by atoms with Gasteiger partial charge in [0.05, 0.1) is 14.0 Å². The maximum atomic E-state index is 12.8. The molecule has 25 heavy (non-hydrogen) atoms. The van der Waals surface area contributed by atoms with E-state index in [2.05, 4.69) is 32.9 Å². The van der Waals surface area contributed by atoms with Gasteiger partial charge in [-0.05, 0) is 34.1 Å². The second-order valence-corrected chi connectivity index (χ2v) is 8.82. The minimum Gasteiger partial charge on any atom is -0.298 e. The Balaban J connectivity index is 1.91. The SMILES string of the molecule is C=CCSC1=NN2C(=c3ccccc3=N[C@@H]2c2ccc(Br)s2)C(=O)N1. The normalized spacial score (nSPS) is 18.7. The van der Waals surface area contributed by atoms with E-state index >= 15 is 0 Å². The van der Waals surface area contributed by atoms with Crippen LogP contribution in [0.4, 0.5) is 0 Å². The monoisotopic (exact) mass is 432 g/mol. The van der Waals surface area contributed by atoms with Crippen molar-refractivity contribution in [1.29, 1.82) is 0 Å². The van der Waals surface area contributed by atoms with Crippen molar-refractivity contribution in [2.24, 2.45) is 10.1 Å². The zero-order valence-corrected chi connectivity index (χ0v) is 16.2. The third-order valence-corrected chi connectivity index (χ3v) is 6.22. The first-order valence-electron chi connectivity index (χ1n) is 7.52. The van der Waals surface area contributed by atoms with Gasteiger partial charge in [-0.25, -0.2) is 5.01 Å². The van der Waals surface area contributed by atoms with Crippen molar-refractivity contribution in [3.05, 3.63) is 68.3 Å². The van der Waals surface area contributed by atoms with Gasteiger partial charge < -0.3 is 0 Å². The Labute approximate surface area is 161 Å². The Bertz CT molecular complexity index is 1010. The molecular formula is C17H13BrN4OS2. The summed E-state index contributed by atoms with van der Waals surface area (Å²) < 4.78 is 1.02. The van der Waals surface area contributed by atoms with E-state index in [0.29, 0.717) is 16.6 Å². The molecule has 0 bridgehead atoms. The number of thiophene rings is 1. The number of hydrogen-bond donors (Lipinski definition) is 1. The number of amidine groups is 1. The molecule has 2 aromatic rings. The highest BCUT2D eigenvalue weighted by molar-refractivity contribution is 9.11. The molecule has 0 unspecified atom stereocenters. The van der Waals surface area contributed by atoms with Gasteiger partial charge in [0.25, 0.3) is 5.91 Å². The lowest BCUT2D eigenvalue weighted by Crippen LogP contribution is -2.50. The highest BCUT2D eigenvalue weighted by Crippen LogP contribution is 2.35. The van der Waals surface area contributed by atoms with Crippen LogP contribution in [0.5, 0.6) is 0 Å². The van der Waals surface area contributed by atoms with Gasteiger partial charge in [-0.2, -0.15) is 0 Å². The maximum absolute atomic E-state index is 12.8. The van der Waals surface area contributed by atoms with Crippen molar-refractivity contribution in [3.63, 3.8) is 0 Å². The Kier molecular flexibility index (Phi) is 4.49. The van der Waals surface area contributed by atoms with Gasteiger partial charge in [0.15, 0.2) is 11.3 Å². The van der Waals surface area contributed by atoms with Crippen LogP contribution in [0.1, 0.15) is 11.0 Å². The second kappa shape index (κ2) is 6.78. The van der Waals surface area contributed by atoms with Crippen molar-refractivity contribution in [3.8, 4) is 0 Å². The summed E-state index contributed by atoms with van der Waals surface area (Å²) >= 11 is 6.52. The van der Waals surface area contributed by atoms with Crippen LogP contribution in [-0.4, -0.2) is 21.8 Å². The second-order valence-electron chi connectivity index (χ2n) is 5.31. The molecule has 4 rings (SSSR count). The Hall–Kier alpha value is -1.90. The molecule has 1 aromatic carbocycles. The van der Waals surface area contributed by atoms with E-state index < -0.39 is 0 Å². The number of nitrogens with one attached hydrogen (secondary N) is 1. The molecular weight excluding hydrogens is 420 g/mol. The van der Waals surface area contributed by atoms with Gasteiger partial charge in [-0.3, -0.25) is 15.1 Å². The molecule has 0 saturated heterocycles. The van der Waals surface area contributed by atoms with Crippen molar-refractivity contribution in [1.82, 2.24) is 10.3 Å². The highest BCUT2D eigenvalue weighted by atomic mass is 79.9. The summed E-state index contributed by atoms with van der Waals surface area (Å²) in [5.74, 6) is 0.509. The van der Waals surface area contributed by atoms with Crippen LogP contribution in [0.15, 0.2) is 62.9 Å². The fraction of sp³-hybridized carbons (Fsp3) is 0.118. The fourth-order valence-electron chi connectivity index (χ4n) is 2.68. The molecule has 0 radical (unpaired) electrons. The highest BCUT2D eigenvalue weighted by Gasteiger charge is 2.34. The van der Waals surface area contributed by atoms with Gasteiger partial charge in [0, 0.05) is 11.0 Å². The van der Waals surface area contributed by atoms with Crippen LogP contribution in [0, 0.1) is 0 Å². The van der Waals surface area contributed by atoms with Crippen LogP contribution in [0.25, 0.3) is 5.70 Å². The maximum Gasteiger partial charge on any atom is 0.276 e. The summed E-state index contributed by atoms with van der Waals surface area (Å²) in [7, 11) is 0. The van der Waals surface area contributed by atoms with Gasteiger partial charge in [-0.1, -0.05) is 36.0 Å². The van der Waals surface area contributed by atoms with E-state index in [1.165, 1.54) is 11.8 Å². The zero-order chi connectivity index (χ0) is 17.4. The minimum absolute atomic E-state index is 0.162. The molecule has 3 heterocycles. The summed E-state index contributed by atoms with van der Waals surface area (Å²) in [6.45, 7) is 3.71. The molecule has 2 aliphatic rings. The molecule has 0 fully saturated rings. The van der Waals surface area contributed by atoms with Crippen LogP contribution in [0.3, 0.4) is 0 Å². The summed E-state index contributed by atoms with van der Waals surface area (Å²) in [4.78, 5) is 18.6. The zero-order valence-electron chi connectivity index (χ0n) is 13.0. The van der Waals surface area contributed by atoms with Crippen LogP contribution in [0.2, 0.25) is 0 Å². The fourth-order valence-corrected chi connectivity index (χ4v) is 4.72. The Morgan fingerprint density at radius 1 is 1.36 bits per heavy atom. The van der Waals surface area contributed by atoms with E-state index in [1.807, 2.05) is 36.4 Å². The predicted molar refractivity (Wildman–Crippen MR) is 105 cm³/mol. The Morgan fingerprint density at radius 2 is 2.20 bits per heavy atom. The molecule has 1 atom stereocenters. The first-order valence-corrected chi connectivity index (χ1v) is 10.1. The van der Waals surface area contributed by atoms with E-state index in [0.717, 1.165) is 19.2 Å². The standard InChI is InChI=1S/C17H13BrN4OS2/c1-2-9-24-17-20-16(23)14-10-5-3-4-6-11(10)19-15(22(14)21-17)12-7-8-13(18)25-12/h2-8,15H,1,9H2,(H,20,21,23)/t15-/m0/s1. The van der Waals surface area contributed by atoms with E-state index in [1.54, 1.807) is 22.4 Å². The number of rotatable bonds is 3. The van der Waals surface area contributed by atoms with Crippen LogP contribution >= 0.6 is 39.0 Å². The smallest absolute Gasteiger partial charge is 0.276 e.